The lowest BCUT2D eigenvalue weighted by molar-refractivity contribution is 0.0846. The number of nitrogens with one attached hydrogen (secondary N) is 2. The Labute approximate surface area is 129 Å². The summed E-state index contributed by atoms with van der Waals surface area (Å²) in [7, 11) is 0. The summed E-state index contributed by atoms with van der Waals surface area (Å²) in [6.07, 6.45) is 3.00. The van der Waals surface area contributed by atoms with E-state index in [1.165, 1.54) is 6.20 Å². The molecule has 0 unspecified atom stereocenters. The summed E-state index contributed by atoms with van der Waals surface area (Å²) >= 11 is 2.11. The van der Waals surface area contributed by atoms with Crippen LogP contribution in [0.1, 0.15) is 26.3 Å². The molecule has 0 fully saturated rings. The van der Waals surface area contributed by atoms with Gasteiger partial charge in [-0.15, -0.1) is 0 Å². The Morgan fingerprint density at radius 1 is 1.10 bits per heavy atom. The third-order valence-corrected chi connectivity index (χ3v) is 4.08. The van der Waals surface area contributed by atoms with E-state index in [2.05, 4.69) is 38.4 Å². The van der Waals surface area contributed by atoms with Gasteiger partial charge in [0, 0.05) is 16.0 Å². The van der Waals surface area contributed by atoms with Gasteiger partial charge in [0.1, 0.15) is 0 Å². The summed E-state index contributed by atoms with van der Waals surface area (Å²) in [5.74, 6) is -0.760. The van der Waals surface area contributed by atoms with Crippen molar-refractivity contribution >= 4 is 34.4 Å². The van der Waals surface area contributed by atoms with E-state index in [0.29, 0.717) is 11.1 Å². The SMILES string of the molecule is Cc1cccc(C(=O)NNC(=O)c2cccnc2)c1I. The molecule has 2 N–H and O–H groups in total. The maximum atomic E-state index is 12.0. The lowest BCUT2D eigenvalue weighted by Crippen LogP contribution is -2.42. The molecule has 1 aromatic carbocycles. The van der Waals surface area contributed by atoms with Crippen molar-refractivity contribution in [1.29, 1.82) is 0 Å². The minimum atomic E-state index is -0.408. The molecular formula is C14H12IN3O2. The Morgan fingerprint density at radius 3 is 2.55 bits per heavy atom. The average Bonchev–Trinajstić information content (AvgIpc) is 2.48. The molecule has 0 aliphatic rings. The second kappa shape index (κ2) is 6.47. The number of aromatic nitrogens is 1. The van der Waals surface area contributed by atoms with Crippen LogP contribution < -0.4 is 10.9 Å². The number of hydrogen-bond donors (Lipinski definition) is 2. The van der Waals surface area contributed by atoms with Gasteiger partial charge in [0.25, 0.3) is 11.8 Å². The lowest BCUT2D eigenvalue weighted by Gasteiger charge is -2.09. The van der Waals surface area contributed by atoms with Crippen molar-refractivity contribution in [2.24, 2.45) is 0 Å². The molecule has 5 nitrogen and oxygen atoms in total. The fourth-order valence-corrected chi connectivity index (χ4v) is 2.18. The highest BCUT2D eigenvalue weighted by Crippen LogP contribution is 2.16. The summed E-state index contributed by atoms with van der Waals surface area (Å²) in [6, 6.07) is 8.70. The highest BCUT2D eigenvalue weighted by molar-refractivity contribution is 14.1. The van der Waals surface area contributed by atoms with E-state index < -0.39 is 5.91 Å². The van der Waals surface area contributed by atoms with Crippen LogP contribution in [0.4, 0.5) is 0 Å². The number of hydrazine groups is 1. The Bertz CT molecular complexity index is 644. The van der Waals surface area contributed by atoms with Crippen molar-refractivity contribution in [2.45, 2.75) is 6.92 Å². The molecular weight excluding hydrogens is 369 g/mol. The topological polar surface area (TPSA) is 71.1 Å². The molecule has 2 amide bonds. The zero-order valence-corrected chi connectivity index (χ0v) is 12.8. The van der Waals surface area contributed by atoms with Gasteiger partial charge in [0.2, 0.25) is 0 Å². The van der Waals surface area contributed by atoms with Crippen LogP contribution in [0.15, 0.2) is 42.7 Å². The van der Waals surface area contributed by atoms with Gasteiger partial charge in [-0.2, -0.15) is 0 Å². The van der Waals surface area contributed by atoms with E-state index in [4.69, 9.17) is 0 Å². The quantitative estimate of drug-likeness (QED) is 0.618. The van der Waals surface area contributed by atoms with E-state index >= 15 is 0 Å². The smallest absolute Gasteiger partial charge is 0.267 e. The van der Waals surface area contributed by atoms with E-state index in [9.17, 15) is 9.59 Å². The normalized spacial score (nSPS) is 9.90. The van der Waals surface area contributed by atoms with Crippen LogP contribution in [0.2, 0.25) is 0 Å². The number of halogens is 1. The Balaban J connectivity index is 2.03. The fourth-order valence-electron chi connectivity index (χ4n) is 1.57. The van der Waals surface area contributed by atoms with Crippen LogP contribution in [0.25, 0.3) is 0 Å². The van der Waals surface area contributed by atoms with Crippen LogP contribution in [0, 0.1) is 10.5 Å². The fraction of sp³-hybridized carbons (Fsp3) is 0.0714. The summed E-state index contributed by atoms with van der Waals surface area (Å²) < 4.78 is 0.859. The minimum absolute atomic E-state index is 0.352. The first-order chi connectivity index (χ1) is 9.59. The highest BCUT2D eigenvalue weighted by atomic mass is 127. The second-order valence-corrected chi connectivity index (χ2v) is 5.17. The molecule has 2 aromatic rings. The van der Waals surface area contributed by atoms with Crippen LogP contribution in [0.5, 0.6) is 0 Å². The number of carbonyl (C=O) groups excluding carboxylic acids is 2. The lowest BCUT2D eigenvalue weighted by atomic mass is 10.1. The highest BCUT2D eigenvalue weighted by Gasteiger charge is 2.12. The second-order valence-electron chi connectivity index (χ2n) is 4.09. The number of carbonyl (C=O) groups is 2. The first-order valence-electron chi connectivity index (χ1n) is 5.85. The van der Waals surface area contributed by atoms with E-state index in [-0.39, 0.29) is 5.91 Å². The van der Waals surface area contributed by atoms with Gasteiger partial charge in [0.15, 0.2) is 0 Å². The van der Waals surface area contributed by atoms with Crippen molar-refractivity contribution in [1.82, 2.24) is 15.8 Å². The molecule has 20 heavy (non-hydrogen) atoms. The average molecular weight is 381 g/mol. The van der Waals surface area contributed by atoms with Crippen LogP contribution in [0.3, 0.4) is 0 Å². The summed E-state index contributed by atoms with van der Waals surface area (Å²) in [6.45, 7) is 1.92. The molecule has 102 valence electrons. The Hall–Kier alpha value is -1.96. The van der Waals surface area contributed by atoms with E-state index in [1.807, 2.05) is 13.0 Å². The minimum Gasteiger partial charge on any atom is -0.267 e. The molecule has 2 rings (SSSR count). The summed E-state index contributed by atoms with van der Waals surface area (Å²) in [5, 5.41) is 0. The zero-order chi connectivity index (χ0) is 14.5. The summed E-state index contributed by atoms with van der Waals surface area (Å²) in [4.78, 5) is 27.6. The monoisotopic (exact) mass is 381 g/mol. The maximum Gasteiger partial charge on any atom is 0.271 e. The molecule has 0 bridgehead atoms. The predicted octanol–water partition coefficient (Wildman–Crippen LogP) is 2.07. The molecule has 0 saturated carbocycles. The molecule has 0 radical (unpaired) electrons. The van der Waals surface area contributed by atoms with Gasteiger partial charge in [-0.05, 0) is 53.3 Å². The third-order valence-electron chi connectivity index (χ3n) is 2.65. The van der Waals surface area contributed by atoms with Gasteiger partial charge in [-0.25, -0.2) is 0 Å². The van der Waals surface area contributed by atoms with Crippen molar-refractivity contribution in [3.8, 4) is 0 Å². The molecule has 0 atom stereocenters. The van der Waals surface area contributed by atoms with Crippen LogP contribution in [-0.4, -0.2) is 16.8 Å². The van der Waals surface area contributed by atoms with Crippen molar-refractivity contribution in [3.05, 3.63) is 63.0 Å². The standard InChI is InChI=1S/C14H12IN3O2/c1-9-4-2-6-11(12(9)15)14(20)18-17-13(19)10-5-3-7-16-8-10/h2-8H,1H3,(H,17,19)(H,18,20). The number of amides is 2. The van der Waals surface area contributed by atoms with E-state index in [1.54, 1.807) is 30.5 Å². The number of hydrogen-bond acceptors (Lipinski definition) is 3. The zero-order valence-electron chi connectivity index (χ0n) is 10.7. The van der Waals surface area contributed by atoms with Gasteiger partial charge in [0.05, 0.1) is 11.1 Å². The Kier molecular flexibility index (Phi) is 4.67. The molecule has 1 aromatic heterocycles. The van der Waals surface area contributed by atoms with Crippen LogP contribution in [-0.2, 0) is 0 Å². The molecule has 0 aliphatic carbocycles. The molecule has 0 aliphatic heterocycles. The molecule has 0 spiro atoms. The predicted molar refractivity (Wildman–Crippen MR) is 83.1 cm³/mol. The number of benzene rings is 1. The number of pyridine rings is 1. The van der Waals surface area contributed by atoms with Crippen molar-refractivity contribution < 1.29 is 9.59 Å². The molecule has 1 heterocycles. The van der Waals surface area contributed by atoms with Gasteiger partial charge < -0.3 is 0 Å². The Morgan fingerprint density at radius 2 is 1.85 bits per heavy atom. The first kappa shape index (κ1) is 14.4. The number of rotatable bonds is 2. The van der Waals surface area contributed by atoms with Gasteiger partial charge in [-0.3, -0.25) is 25.4 Å². The largest absolute Gasteiger partial charge is 0.271 e. The van der Waals surface area contributed by atoms with E-state index in [0.717, 1.165) is 9.13 Å². The molecule has 6 heteroatoms. The third kappa shape index (κ3) is 3.32. The maximum absolute atomic E-state index is 12.0. The van der Waals surface area contributed by atoms with Gasteiger partial charge >= 0.3 is 0 Å². The van der Waals surface area contributed by atoms with Gasteiger partial charge in [-0.1, -0.05) is 12.1 Å². The van der Waals surface area contributed by atoms with Crippen molar-refractivity contribution in [3.63, 3.8) is 0 Å². The first-order valence-corrected chi connectivity index (χ1v) is 6.93. The van der Waals surface area contributed by atoms with Crippen molar-refractivity contribution in [2.75, 3.05) is 0 Å². The number of aryl methyl sites for hydroxylation is 1. The summed E-state index contributed by atoms with van der Waals surface area (Å²) in [5.41, 5.74) is 6.67. The number of nitrogens with zero attached hydrogens (tertiary/aromatic N) is 1. The van der Waals surface area contributed by atoms with Crippen LogP contribution >= 0.6 is 22.6 Å². The molecule has 0 saturated heterocycles.